The van der Waals surface area contributed by atoms with Crippen LogP contribution < -0.4 is 0 Å². The van der Waals surface area contributed by atoms with E-state index in [1.54, 1.807) is 0 Å². The van der Waals surface area contributed by atoms with E-state index in [2.05, 4.69) is 6.92 Å². The Morgan fingerprint density at radius 2 is 1.58 bits per heavy atom. The second-order valence-corrected chi connectivity index (χ2v) is 4.58. The first-order chi connectivity index (χ1) is 5.06. The van der Waals surface area contributed by atoms with Crippen molar-refractivity contribution in [1.82, 2.24) is 0 Å². The summed E-state index contributed by atoms with van der Waals surface area (Å²) in [5.74, 6) is 0. The lowest BCUT2D eigenvalue weighted by Gasteiger charge is -2.02. The Morgan fingerprint density at radius 3 is 2.00 bits per heavy atom. The highest BCUT2D eigenvalue weighted by Gasteiger charge is 2.10. The largest absolute Gasteiger partial charge is 0.412 e. The molecule has 0 spiro atoms. The van der Waals surface area contributed by atoms with Crippen molar-refractivity contribution >= 4 is 7.60 Å². The molecule has 0 heterocycles. The summed E-state index contributed by atoms with van der Waals surface area (Å²) >= 11 is 0. The van der Waals surface area contributed by atoms with Gasteiger partial charge in [0.05, 0.1) is 0 Å². The van der Waals surface area contributed by atoms with Crippen molar-refractivity contribution in [2.45, 2.75) is 39.0 Å². The summed E-state index contributed by atoms with van der Waals surface area (Å²) in [6, 6.07) is 0. The lowest BCUT2D eigenvalue weighted by molar-refractivity contribution is 0.370. The van der Waals surface area contributed by atoms with Crippen LogP contribution in [-0.4, -0.2) is 21.4 Å². The van der Waals surface area contributed by atoms with Gasteiger partial charge in [0.2, 0.25) is 0 Å². The second-order valence-electron chi connectivity index (χ2n) is 2.80. The van der Waals surface area contributed by atoms with E-state index in [0.717, 1.165) is 19.3 Å². The minimum atomic E-state index is -3.71. The summed E-state index contributed by atoms with van der Waals surface area (Å²) in [5, 5.41) is 0. The van der Waals surface area contributed by atoms with Crippen LogP contribution in [0.15, 0.2) is 0 Å². The van der Waals surface area contributed by atoms with Gasteiger partial charge in [0, 0.05) is 6.16 Å². The van der Waals surface area contributed by atoms with Crippen molar-refractivity contribution in [2.75, 3.05) is 6.16 Å². The topological polar surface area (TPSA) is 89.0 Å². The third kappa shape index (κ3) is 12.8. The van der Waals surface area contributed by atoms with Crippen LogP contribution in [0.5, 0.6) is 0 Å². The molecule has 0 rings (SSSR count). The molecular weight excluding hydrogens is 179 g/mol. The Balaban J connectivity index is 0. The predicted octanol–water partition coefficient (Wildman–Crippen LogP) is 1.31. The first-order valence-electron chi connectivity index (χ1n) is 4.11. The highest BCUT2D eigenvalue weighted by atomic mass is 31.2. The van der Waals surface area contributed by atoms with Gasteiger partial charge >= 0.3 is 7.60 Å². The molecule has 76 valence electrons. The lowest BCUT2D eigenvalue weighted by Crippen LogP contribution is -1.87. The third-order valence-electron chi connectivity index (χ3n) is 1.55. The van der Waals surface area contributed by atoms with E-state index in [4.69, 9.17) is 9.79 Å². The average Bonchev–Trinajstić information content (AvgIpc) is 1.85. The fraction of sp³-hybridized carbons (Fsp3) is 1.00. The number of rotatable bonds is 6. The van der Waals surface area contributed by atoms with Crippen molar-refractivity contribution in [2.24, 2.45) is 0 Å². The molecule has 0 aromatic carbocycles. The minimum absolute atomic E-state index is 0. The van der Waals surface area contributed by atoms with Gasteiger partial charge in [-0.25, -0.2) is 0 Å². The molecule has 5 heteroatoms. The minimum Gasteiger partial charge on any atom is -0.412 e. The maximum atomic E-state index is 10.4. The first kappa shape index (κ1) is 14.6. The van der Waals surface area contributed by atoms with Crippen LogP contribution in [0.3, 0.4) is 0 Å². The lowest BCUT2D eigenvalue weighted by atomic mass is 10.2. The molecule has 0 aliphatic heterocycles. The van der Waals surface area contributed by atoms with Gasteiger partial charge in [-0.15, -0.1) is 0 Å². The fourth-order valence-corrected chi connectivity index (χ4v) is 1.56. The first-order valence-corrected chi connectivity index (χ1v) is 5.90. The Labute approximate surface area is 73.5 Å². The molecule has 0 saturated carbocycles. The standard InChI is InChI=1S/C7H17O3P.H2O/c1-2-3-4-5-6-7-11(8,9)10;/h2-7H2,1H3,(H2,8,9,10);1H2. The third-order valence-corrected chi connectivity index (χ3v) is 2.45. The Morgan fingerprint density at radius 1 is 1.08 bits per heavy atom. The molecule has 0 aliphatic carbocycles. The van der Waals surface area contributed by atoms with E-state index in [-0.39, 0.29) is 11.6 Å². The number of unbranched alkanes of at least 4 members (excludes halogenated alkanes) is 4. The SMILES string of the molecule is CCCCCCCP(=O)(O)O.O. The molecule has 0 bridgehead atoms. The van der Waals surface area contributed by atoms with E-state index in [1.807, 2.05) is 0 Å². The smallest absolute Gasteiger partial charge is 0.325 e. The van der Waals surface area contributed by atoms with E-state index in [0.29, 0.717) is 6.42 Å². The number of hydrogen-bond donors (Lipinski definition) is 2. The summed E-state index contributed by atoms with van der Waals surface area (Å²) in [6.07, 6.45) is 5.08. The van der Waals surface area contributed by atoms with Crippen LogP contribution >= 0.6 is 7.60 Å². The molecule has 0 aromatic heterocycles. The van der Waals surface area contributed by atoms with Gasteiger partial charge in [0.1, 0.15) is 0 Å². The quantitative estimate of drug-likeness (QED) is 0.498. The highest BCUT2D eigenvalue weighted by molar-refractivity contribution is 7.51. The van der Waals surface area contributed by atoms with Crippen molar-refractivity contribution in [3.63, 3.8) is 0 Å². The Hall–Kier alpha value is 0.110. The van der Waals surface area contributed by atoms with Crippen molar-refractivity contribution in [1.29, 1.82) is 0 Å². The molecule has 12 heavy (non-hydrogen) atoms. The van der Waals surface area contributed by atoms with Gasteiger partial charge in [-0.05, 0) is 6.42 Å². The van der Waals surface area contributed by atoms with E-state index < -0.39 is 7.60 Å². The Kier molecular flexibility index (Phi) is 9.44. The van der Waals surface area contributed by atoms with Gasteiger partial charge in [0.25, 0.3) is 0 Å². The summed E-state index contributed by atoms with van der Waals surface area (Å²) in [7, 11) is -3.71. The summed E-state index contributed by atoms with van der Waals surface area (Å²) in [5.41, 5.74) is 0. The van der Waals surface area contributed by atoms with E-state index in [9.17, 15) is 4.57 Å². The molecule has 0 amide bonds. The molecule has 0 aromatic rings. The van der Waals surface area contributed by atoms with Gasteiger partial charge < -0.3 is 15.3 Å². The zero-order valence-corrected chi connectivity index (χ0v) is 8.39. The summed E-state index contributed by atoms with van der Waals surface area (Å²) < 4.78 is 10.4. The van der Waals surface area contributed by atoms with Crippen molar-refractivity contribution < 1.29 is 19.8 Å². The molecule has 0 radical (unpaired) electrons. The van der Waals surface area contributed by atoms with Crippen LogP contribution in [0, 0.1) is 0 Å². The maximum absolute atomic E-state index is 10.4. The summed E-state index contributed by atoms with van der Waals surface area (Å²) in [6.45, 7) is 2.11. The number of hydrogen-bond acceptors (Lipinski definition) is 1. The van der Waals surface area contributed by atoms with E-state index >= 15 is 0 Å². The molecule has 0 fully saturated rings. The Bertz CT molecular complexity index is 131. The van der Waals surface area contributed by atoms with Crippen LogP contribution in [-0.2, 0) is 4.57 Å². The predicted molar refractivity (Wildman–Crippen MR) is 49.3 cm³/mol. The van der Waals surface area contributed by atoms with Crippen molar-refractivity contribution in [3.8, 4) is 0 Å². The second kappa shape index (κ2) is 7.74. The zero-order chi connectivity index (χ0) is 8.74. The van der Waals surface area contributed by atoms with Gasteiger partial charge in [-0.2, -0.15) is 0 Å². The molecule has 4 nitrogen and oxygen atoms in total. The summed E-state index contributed by atoms with van der Waals surface area (Å²) in [4.78, 5) is 17.0. The fourth-order valence-electron chi connectivity index (χ4n) is 0.921. The van der Waals surface area contributed by atoms with Gasteiger partial charge in [0.15, 0.2) is 0 Å². The molecule has 0 atom stereocenters. The van der Waals surface area contributed by atoms with Crippen molar-refractivity contribution in [3.05, 3.63) is 0 Å². The van der Waals surface area contributed by atoms with Gasteiger partial charge in [-0.3, -0.25) is 4.57 Å². The monoisotopic (exact) mass is 198 g/mol. The van der Waals surface area contributed by atoms with Crippen LogP contribution in [0.1, 0.15) is 39.0 Å². The van der Waals surface area contributed by atoms with E-state index in [1.165, 1.54) is 6.42 Å². The van der Waals surface area contributed by atoms with Crippen LogP contribution in [0.4, 0.5) is 0 Å². The molecule has 4 N–H and O–H groups in total. The normalized spacial score (nSPS) is 10.9. The average molecular weight is 198 g/mol. The molecule has 0 aliphatic rings. The molecular formula is C7H19O4P. The molecule has 0 saturated heterocycles. The van der Waals surface area contributed by atoms with Gasteiger partial charge in [-0.1, -0.05) is 32.6 Å². The molecule has 0 unspecified atom stereocenters. The highest BCUT2D eigenvalue weighted by Crippen LogP contribution is 2.35. The zero-order valence-electron chi connectivity index (χ0n) is 7.49. The van der Waals surface area contributed by atoms with Crippen LogP contribution in [0.25, 0.3) is 0 Å². The maximum Gasteiger partial charge on any atom is 0.325 e. The van der Waals surface area contributed by atoms with Crippen LogP contribution in [0.2, 0.25) is 0 Å².